The third-order valence-electron chi connectivity index (χ3n) is 3.23. The molecule has 0 aliphatic heterocycles. The second kappa shape index (κ2) is 8.35. The Morgan fingerprint density at radius 2 is 2.19 bits per heavy atom. The summed E-state index contributed by atoms with van der Waals surface area (Å²) in [5, 5.41) is 17.3. The van der Waals surface area contributed by atoms with Gasteiger partial charge in [0.1, 0.15) is 12.4 Å². The molecule has 0 radical (unpaired) electrons. The molecule has 1 amide bonds. The van der Waals surface area contributed by atoms with Crippen molar-refractivity contribution in [3.05, 3.63) is 22.5 Å². The van der Waals surface area contributed by atoms with Gasteiger partial charge in [-0.3, -0.25) is 19.6 Å². The van der Waals surface area contributed by atoms with Gasteiger partial charge in [0.15, 0.2) is 0 Å². The number of aromatic nitrogens is 2. The lowest BCUT2D eigenvalue weighted by atomic mass is 10.2. The molecule has 1 aromatic rings. The number of carbonyl (C=O) groups excluding carboxylic acids is 1. The highest BCUT2D eigenvalue weighted by Crippen LogP contribution is 2.07. The molecule has 0 aliphatic rings. The second-order valence-corrected chi connectivity index (χ2v) is 4.92. The van der Waals surface area contributed by atoms with E-state index in [-0.39, 0.29) is 24.1 Å². The van der Waals surface area contributed by atoms with Gasteiger partial charge >= 0.3 is 5.69 Å². The summed E-state index contributed by atoms with van der Waals surface area (Å²) in [5.74, 6) is -0.0761. The summed E-state index contributed by atoms with van der Waals surface area (Å²) in [5.41, 5.74) is -0.0645. The molecule has 1 unspecified atom stereocenters. The highest BCUT2D eigenvalue weighted by atomic mass is 16.6. The van der Waals surface area contributed by atoms with Gasteiger partial charge in [0.05, 0.1) is 4.92 Å². The van der Waals surface area contributed by atoms with Crippen molar-refractivity contribution in [1.29, 1.82) is 0 Å². The zero-order chi connectivity index (χ0) is 15.8. The fraction of sp³-hybridized carbons (Fsp3) is 0.692. The zero-order valence-electron chi connectivity index (χ0n) is 12.8. The van der Waals surface area contributed by atoms with Crippen LogP contribution in [0.25, 0.3) is 0 Å². The molecule has 1 atom stereocenters. The number of nitro groups is 1. The first-order chi connectivity index (χ1) is 9.96. The predicted octanol–water partition coefficient (Wildman–Crippen LogP) is 1.03. The number of amides is 1. The molecule has 1 N–H and O–H groups in total. The molecule has 0 aromatic carbocycles. The molecule has 8 nitrogen and oxygen atoms in total. The van der Waals surface area contributed by atoms with E-state index in [0.29, 0.717) is 6.54 Å². The van der Waals surface area contributed by atoms with Crippen LogP contribution in [0.4, 0.5) is 5.69 Å². The molecule has 1 rings (SSSR count). The minimum Gasteiger partial charge on any atom is -0.352 e. The molecule has 118 valence electrons. The van der Waals surface area contributed by atoms with E-state index < -0.39 is 4.92 Å². The summed E-state index contributed by atoms with van der Waals surface area (Å²) in [7, 11) is 0. The first-order valence-electron chi connectivity index (χ1n) is 7.14. The van der Waals surface area contributed by atoms with Crippen LogP contribution < -0.4 is 5.32 Å². The third-order valence-corrected chi connectivity index (χ3v) is 3.23. The average molecular weight is 297 g/mol. The van der Waals surface area contributed by atoms with Crippen molar-refractivity contribution in [2.75, 3.05) is 19.6 Å². The van der Waals surface area contributed by atoms with Gasteiger partial charge < -0.3 is 10.2 Å². The van der Waals surface area contributed by atoms with E-state index in [1.165, 1.54) is 17.1 Å². The summed E-state index contributed by atoms with van der Waals surface area (Å²) in [6.07, 6.45) is 2.76. The van der Waals surface area contributed by atoms with E-state index in [0.717, 1.165) is 19.6 Å². The predicted molar refractivity (Wildman–Crippen MR) is 78.9 cm³/mol. The maximum atomic E-state index is 11.8. The number of likely N-dealkylation sites (N-methyl/N-ethyl adjacent to an activating group) is 1. The first kappa shape index (κ1) is 17.1. The van der Waals surface area contributed by atoms with Crippen LogP contribution in [0.1, 0.15) is 27.2 Å². The average Bonchev–Trinajstić information content (AvgIpc) is 2.91. The Labute approximate surface area is 124 Å². The Morgan fingerprint density at radius 3 is 2.71 bits per heavy atom. The summed E-state index contributed by atoms with van der Waals surface area (Å²) < 4.78 is 1.41. The molecule has 0 spiro atoms. The quantitative estimate of drug-likeness (QED) is 0.542. The van der Waals surface area contributed by atoms with Crippen LogP contribution in [0.15, 0.2) is 12.4 Å². The molecule has 1 heterocycles. The largest absolute Gasteiger partial charge is 0.352 e. The Morgan fingerprint density at radius 1 is 1.52 bits per heavy atom. The van der Waals surface area contributed by atoms with Crippen molar-refractivity contribution in [2.45, 2.75) is 39.8 Å². The Bertz CT molecular complexity index is 470. The van der Waals surface area contributed by atoms with Crippen molar-refractivity contribution < 1.29 is 9.72 Å². The van der Waals surface area contributed by atoms with Gasteiger partial charge in [-0.15, -0.1) is 0 Å². The van der Waals surface area contributed by atoms with Gasteiger partial charge in [-0.25, -0.2) is 0 Å². The Hall–Kier alpha value is -1.96. The molecule has 0 saturated heterocycles. The van der Waals surface area contributed by atoms with Crippen molar-refractivity contribution in [2.24, 2.45) is 0 Å². The smallest absolute Gasteiger partial charge is 0.306 e. The highest BCUT2D eigenvalue weighted by molar-refractivity contribution is 5.76. The van der Waals surface area contributed by atoms with Crippen molar-refractivity contribution in [3.8, 4) is 0 Å². The molecule has 0 saturated carbocycles. The fourth-order valence-corrected chi connectivity index (χ4v) is 2.05. The van der Waals surface area contributed by atoms with E-state index in [4.69, 9.17) is 0 Å². The molecule has 21 heavy (non-hydrogen) atoms. The number of aryl methyl sites for hydroxylation is 1. The lowest BCUT2D eigenvalue weighted by Crippen LogP contribution is -2.42. The van der Waals surface area contributed by atoms with Crippen LogP contribution in [0.3, 0.4) is 0 Å². The topological polar surface area (TPSA) is 93.3 Å². The van der Waals surface area contributed by atoms with Gasteiger partial charge in [0, 0.05) is 25.6 Å². The van der Waals surface area contributed by atoms with Crippen molar-refractivity contribution in [3.63, 3.8) is 0 Å². The maximum Gasteiger partial charge on any atom is 0.306 e. The minimum absolute atomic E-state index is 0.0645. The van der Waals surface area contributed by atoms with Gasteiger partial charge in [-0.05, 0) is 20.0 Å². The van der Waals surface area contributed by atoms with Gasteiger partial charge in [0.25, 0.3) is 0 Å². The highest BCUT2D eigenvalue weighted by Gasteiger charge is 2.12. The summed E-state index contributed by atoms with van der Waals surface area (Å²) in [4.78, 5) is 24.1. The third kappa shape index (κ3) is 5.90. The van der Waals surface area contributed by atoms with Gasteiger partial charge in [-0.2, -0.15) is 5.10 Å². The first-order valence-corrected chi connectivity index (χ1v) is 7.14. The number of rotatable bonds is 9. The lowest BCUT2D eigenvalue weighted by Gasteiger charge is -2.23. The van der Waals surface area contributed by atoms with Gasteiger partial charge in [0.2, 0.25) is 5.91 Å². The Kier molecular flexibility index (Phi) is 6.80. The van der Waals surface area contributed by atoms with Crippen molar-refractivity contribution in [1.82, 2.24) is 20.0 Å². The lowest BCUT2D eigenvalue weighted by molar-refractivity contribution is -0.385. The molecule has 0 aliphatic carbocycles. The Balaban J connectivity index is 2.34. The van der Waals surface area contributed by atoms with Crippen LogP contribution in [0, 0.1) is 10.1 Å². The standard InChI is InChI=1S/C13H23N5O3/c1-4-16(5-2)9-11(3)15-13(19)6-7-17-10-12(8-14-17)18(20)21/h8,10-11H,4-7,9H2,1-3H3,(H,15,19). The van der Waals surface area contributed by atoms with Crippen molar-refractivity contribution >= 4 is 11.6 Å². The summed E-state index contributed by atoms with van der Waals surface area (Å²) >= 11 is 0. The van der Waals surface area contributed by atoms with Crippen LogP contribution in [0.2, 0.25) is 0 Å². The van der Waals surface area contributed by atoms with E-state index >= 15 is 0 Å². The van der Waals surface area contributed by atoms with Crippen LogP contribution in [0.5, 0.6) is 0 Å². The number of hydrogen-bond donors (Lipinski definition) is 1. The zero-order valence-corrected chi connectivity index (χ0v) is 12.8. The van der Waals surface area contributed by atoms with Crippen LogP contribution >= 0.6 is 0 Å². The van der Waals surface area contributed by atoms with Crippen LogP contribution in [-0.2, 0) is 11.3 Å². The maximum absolute atomic E-state index is 11.8. The van der Waals surface area contributed by atoms with E-state index in [1.54, 1.807) is 0 Å². The number of nitrogens with zero attached hydrogens (tertiary/aromatic N) is 4. The monoisotopic (exact) mass is 297 g/mol. The molecule has 8 heteroatoms. The van der Waals surface area contributed by atoms with E-state index in [1.807, 2.05) is 6.92 Å². The molecule has 1 aromatic heterocycles. The molecule has 0 fully saturated rings. The minimum atomic E-state index is -0.504. The van der Waals surface area contributed by atoms with Crippen LogP contribution in [-0.4, -0.2) is 51.2 Å². The van der Waals surface area contributed by atoms with E-state index in [2.05, 4.69) is 29.2 Å². The molecular formula is C13H23N5O3. The SMILES string of the molecule is CCN(CC)CC(C)NC(=O)CCn1cc([N+](=O)[O-])cn1. The fourth-order valence-electron chi connectivity index (χ4n) is 2.05. The van der Waals surface area contributed by atoms with E-state index in [9.17, 15) is 14.9 Å². The van der Waals surface area contributed by atoms with Gasteiger partial charge in [-0.1, -0.05) is 13.8 Å². The molecular weight excluding hydrogens is 274 g/mol. The molecule has 0 bridgehead atoms. The summed E-state index contributed by atoms with van der Waals surface area (Å²) in [6.45, 7) is 9.19. The normalized spacial score (nSPS) is 12.4. The summed E-state index contributed by atoms with van der Waals surface area (Å²) in [6, 6.07) is 0.0735. The number of nitrogens with one attached hydrogen (secondary N) is 1. The second-order valence-electron chi connectivity index (χ2n) is 4.92. The number of carbonyl (C=O) groups is 1. The number of hydrogen-bond acceptors (Lipinski definition) is 5.